The molecule has 0 amide bonds. The lowest BCUT2D eigenvalue weighted by molar-refractivity contribution is 0.413. The van der Waals surface area contributed by atoms with Crippen molar-refractivity contribution < 1.29 is 0 Å². The van der Waals surface area contributed by atoms with Gasteiger partial charge in [0.05, 0.1) is 0 Å². The molecule has 1 aromatic heterocycles. The Morgan fingerprint density at radius 2 is 2.07 bits per heavy atom. The Bertz CT molecular complexity index is 273. The average molecular weight is 259 g/mol. The predicted molar refractivity (Wildman–Crippen MR) is 62.0 cm³/mol. The molecule has 0 radical (unpaired) electrons. The molecule has 4 nitrogen and oxygen atoms in total. The van der Waals surface area contributed by atoms with Gasteiger partial charge in [0.15, 0.2) is 0 Å². The van der Waals surface area contributed by atoms with Crippen LogP contribution in [0.3, 0.4) is 0 Å². The molecule has 0 aliphatic rings. The highest BCUT2D eigenvalue weighted by Gasteiger charge is 2.02. The van der Waals surface area contributed by atoms with Crippen molar-refractivity contribution in [2.24, 2.45) is 5.84 Å². The van der Waals surface area contributed by atoms with Crippen LogP contribution in [0.15, 0.2) is 22.8 Å². The molecule has 2 N–H and O–H groups in total. The lowest BCUT2D eigenvalue weighted by Gasteiger charge is -2.19. The minimum Gasteiger partial charge on any atom is -0.308 e. The number of nitrogens with zero attached hydrogens (tertiary/aromatic N) is 3. The van der Waals surface area contributed by atoms with Gasteiger partial charge in [-0.3, -0.25) is 5.01 Å². The molecule has 0 saturated carbocycles. The first-order valence-electron chi connectivity index (χ1n) is 4.38. The zero-order valence-electron chi connectivity index (χ0n) is 8.44. The molecule has 78 valence electrons. The van der Waals surface area contributed by atoms with Crippen molar-refractivity contribution >= 4 is 21.7 Å². The van der Waals surface area contributed by atoms with E-state index in [-0.39, 0.29) is 0 Å². The van der Waals surface area contributed by atoms with Crippen LogP contribution in [0.2, 0.25) is 0 Å². The fourth-order valence-corrected chi connectivity index (χ4v) is 1.19. The van der Waals surface area contributed by atoms with E-state index in [1.165, 1.54) is 0 Å². The molecule has 0 saturated heterocycles. The largest absolute Gasteiger partial charge is 0.308 e. The Balaban J connectivity index is 2.52. The quantitative estimate of drug-likeness (QED) is 0.649. The van der Waals surface area contributed by atoms with Crippen LogP contribution < -0.4 is 10.9 Å². The average Bonchev–Trinajstić information content (AvgIpc) is 2.15. The van der Waals surface area contributed by atoms with E-state index in [0.29, 0.717) is 0 Å². The summed E-state index contributed by atoms with van der Waals surface area (Å²) >= 11 is 3.33. The number of halogens is 1. The molecule has 0 aromatic carbocycles. The predicted octanol–water partition coefficient (Wildman–Crippen LogP) is 1.09. The summed E-state index contributed by atoms with van der Waals surface area (Å²) in [6, 6.07) is 3.82. The van der Waals surface area contributed by atoms with Crippen molar-refractivity contribution in [1.82, 2.24) is 9.88 Å². The highest BCUT2D eigenvalue weighted by atomic mass is 79.9. The van der Waals surface area contributed by atoms with Gasteiger partial charge < -0.3 is 4.90 Å². The van der Waals surface area contributed by atoms with Gasteiger partial charge in [-0.05, 0) is 42.2 Å². The lowest BCUT2D eigenvalue weighted by Crippen LogP contribution is -2.37. The van der Waals surface area contributed by atoms with Crippen molar-refractivity contribution in [2.45, 2.75) is 0 Å². The third-order valence-corrected chi connectivity index (χ3v) is 2.26. The maximum absolute atomic E-state index is 5.82. The topological polar surface area (TPSA) is 45.4 Å². The molecule has 0 atom stereocenters. The maximum atomic E-state index is 5.82. The molecule has 1 rings (SSSR count). The van der Waals surface area contributed by atoms with Gasteiger partial charge in [0.25, 0.3) is 0 Å². The van der Waals surface area contributed by atoms with Crippen LogP contribution in [0.25, 0.3) is 0 Å². The summed E-state index contributed by atoms with van der Waals surface area (Å²) in [5, 5.41) is 1.65. The van der Waals surface area contributed by atoms with Crippen LogP contribution in [0.4, 0.5) is 5.82 Å². The van der Waals surface area contributed by atoms with Gasteiger partial charge in [-0.25, -0.2) is 10.8 Å². The minimum atomic E-state index is 0.766. The van der Waals surface area contributed by atoms with Gasteiger partial charge in [-0.2, -0.15) is 0 Å². The van der Waals surface area contributed by atoms with Gasteiger partial charge in [0, 0.05) is 23.8 Å². The Kier molecular flexibility index (Phi) is 4.31. The molecule has 1 aromatic rings. The second-order valence-corrected chi connectivity index (χ2v) is 4.25. The number of aromatic nitrogens is 1. The van der Waals surface area contributed by atoms with Gasteiger partial charge in [-0.15, -0.1) is 0 Å². The number of likely N-dealkylation sites (N-methyl/N-ethyl adjacent to an activating group) is 1. The van der Waals surface area contributed by atoms with Gasteiger partial charge in [0.1, 0.15) is 5.82 Å². The van der Waals surface area contributed by atoms with Crippen molar-refractivity contribution in [3.05, 3.63) is 22.8 Å². The molecule has 0 aliphatic carbocycles. The number of nitrogens with two attached hydrogens (primary N) is 1. The smallest absolute Gasteiger partial charge is 0.142 e. The fraction of sp³-hybridized carbons (Fsp3) is 0.444. The number of hydrogen-bond donors (Lipinski definition) is 1. The first-order chi connectivity index (χ1) is 6.59. The zero-order valence-corrected chi connectivity index (χ0v) is 10.0. The standard InChI is InChI=1S/C9H15BrN4/c1-13(2)5-6-14(11)9-4-3-8(10)7-12-9/h3-4,7H,5-6,11H2,1-2H3. The third-order valence-electron chi connectivity index (χ3n) is 1.79. The Labute approximate surface area is 92.8 Å². The van der Waals surface area contributed by atoms with Crippen LogP contribution in [0, 0.1) is 0 Å². The number of anilines is 1. The van der Waals surface area contributed by atoms with Crippen molar-refractivity contribution in [3.8, 4) is 0 Å². The van der Waals surface area contributed by atoms with Crippen molar-refractivity contribution in [1.29, 1.82) is 0 Å². The summed E-state index contributed by atoms with van der Waals surface area (Å²) in [5.41, 5.74) is 0. The number of rotatable bonds is 4. The first kappa shape index (κ1) is 11.4. The monoisotopic (exact) mass is 258 g/mol. The molecular weight excluding hydrogens is 244 g/mol. The van der Waals surface area contributed by atoms with Crippen molar-refractivity contribution in [3.63, 3.8) is 0 Å². The zero-order chi connectivity index (χ0) is 10.6. The van der Waals surface area contributed by atoms with Crippen molar-refractivity contribution in [2.75, 3.05) is 32.2 Å². The van der Waals surface area contributed by atoms with E-state index in [1.807, 2.05) is 26.2 Å². The number of pyridine rings is 1. The van der Waals surface area contributed by atoms with Crippen LogP contribution >= 0.6 is 15.9 Å². The van der Waals surface area contributed by atoms with Gasteiger partial charge in [0.2, 0.25) is 0 Å². The molecule has 0 unspecified atom stereocenters. The summed E-state index contributed by atoms with van der Waals surface area (Å²) in [6.45, 7) is 1.68. The number of hydrogen-bond acceptors (Lipinski definition) is 4. The highest BCUT2D eigenvalue weighted by Crippen LogP contribution is 2.12. The van der Waals surface area contributed by atoms with E-state index < -0.39 is 0 Å². The summed E-state index contributed by atoms with van der Waals surface area (Å²) in [6.07, 6.45) is 1.74. The summed E-state index contributed by atoms with van der Waals surface area (Å²) in [7, 11) is 4.03. The van der Waals surface area contributed by atoms with Crippen LogP contribution in [-0.4, -0.2) is 37.1 Å². The molecule has 5 heteroatoms. The van der Waals surface area contributed by atoms with Crippen LogP contribution in [-0.2, 0) is 0 Å². The highest BCUT2D eigenvalue weighted by molar-refractivity contribution is 9.10. The summed E-state index contributed by atoms with van der Waals surface area (Å²) < 4.78 is 0.960. The normalized spacial score (nSPS) is 10.6. The second-order valence-electron chi connectivity index (χ2n) is 3.33. The van der Waals surface area contributed by atoms with E-state index >= 15 is 0 Å². The third kappa shape index (κ3) is 3.61. The first-order valence-corrected chi connectivity index (χ1v) is 5.17. The van der Waals surface area contributed by atoms with Crippen LogP contribution in [0.5, 0.6) is 0 Å². The molecule has 1 heterocycles. The molecule has 0 spiro atoms. The van der Waals surface area contributed by atoms with E-state index in [2.05, 4.69) is 25.8 Å². The fourth-order valence-electron chi connectivity index (χ4n) is 0.960. The van der Waals surface area contributed by atoms with E-state index in [0.717, 1.165) is 23.4 Å². The SMILES string of the molecule is CN(C)CCN(N)c1ccc(Br)cn1. The van der Waals surface area contributed by atoms with E-state index in [9.17, 15) is 0 Å². The second kappa shape index (κ2) is 5.29. The van der Waals surface area contributed by atoms with Gasteiger partial charge >= 0.3 is 0 Å². The Morgan fingerprint density at radius 3 is 2.57 bits per heavy atom. The van der Waals surface area contributed by atoms with Gasteiger partial charge in [-0.1, -0.05) is 0 Å². The summed E-state index contributed by atoms with van der Waals surface area (Å²) in [4.78, 5) is 6.27. The molecule has 14 heavy (non-hydrogen) atoms. The Hall–Kier alpha value is -0.650. The molecule has 0 bridgehead atoms. The molecular formula is C9H15BrN4. The van der Waals surface area contributed by atoms with Crippen LogP contribution in [0.1, 0.15) is 0 Å². The number of hydrazine groups is 1. The minimum absolute atomic E-state index is 0.766. The Morgan fingerprint density at radius 1 is 1.36 bits per heavy atom. The molecule has 0 aliphatic heterocycles. The van der Waals surface area contributed by atoms with E-state index in [4.69, 9.17) is 5.84 Å². The maximum Gasteiger partial charge on any atom is 0.142 e. The lowest BCUT2D eigenvalue weighted by atomic mass is 10.4. The molecule has 0 fully saturated rings. The summed E-state index contributed by atoms with van der Waals surface area (Å²) in [5.74, 6) is 6.61. The van der Waals surface area contributed by atoms with E-state index in [1.54, 1.807) is 11.2 Å².